The van der Waals surface area contributed by atoms with E-state index in [2.05, 4.69) is 103 Å². The van der Waals surface area contributed by atoms with Gasteiger partial charge in [-0.05, 0) is 86.3 Å². The largest absolute Gasteiger partial charge is 0.494 e. The van der Waals surface area contributed by atoms with Gasteiger partial charge in [-0.2, -0.15) is 0 Å². The molecule has 2 aromatic heterocycles. The number of hydrogen-bond acceptors (Lipinski definition) is 12. The molecule has 0 atom stereocenters. The molecular formula is C70H80N10O8. The van der Waals surface area contributed by atoms with Crippen LogP contribution in [0.5, 0.6) is 5.75 Å². The average molecular weight is 1190 g/mol. The standard InChI is InChI=1S/C36H41N5O4.C34H39N5O4/c1-36(2,3)26-9-11-31(34(42)41-16-20-45-21-17-41)33(22-26)39-35(43)38-32-13-12-28(29-6-4-5-7-30(29)32)25-8-10-27(37-23-25)24-40-14-18-44-19-15-40;1-34(2,3)24-17-23(18-31(35)40)32(42-4)30(19-24)38-33(41)37-29-12-11-26(27-7-5-6-8-28(27)29)22-9-10-25(36-20-22)21-39-13-15-43-16-14-39/h4-13,22-23H,14-21,24H2,1-3H3,(H2,38,39,43);5-12,17,19-20H,13-16,18,21H2,1-4H3,(H2,35,40)(H2,37,38,41). The highest BCUT2D eigenvalue weighted by Crippen LogP contribution is 2.38. The number of rotatable bonds is 14. The van der Waals surface area contributed by atoms with E-state index in [0.717, 1.165) is 132 Å². The number of methoxy groups -OCH3 is 1. The van der Waals surface area contributed by atoms with E-state index in [9.17, 15) is 19.2 Å². The molecule has 8 aromatic rings. The molecule has 18 heteroatoms. The van der Waals surface area contributed by atoms with E-state index in [4.69, 9.17) is 34.6 Å². The zero-order valence-corrected chi connectivity index (χ0v) is 51.5. The molecule has 0 bridgehead atoms. The number of carbonyl (C=O) groups is 4. The third-order valence-corrected chi connectivity index (χ3v) is 16.1. The van der Waals surface area contributed by atoms with Crippen LogP contribution in [0.15, 0.2) is 140 Å². The van der Waals surface area contributed by atoms with Crippen LogP contribution in [0.4, 0.5) is 32.3 Å². The molecule has 3 aliphatic heterocycles. The van der Waals surface area contributed by atoms with E-state index >= 15 is 0 Å². The predicted molar refractivity (Wildman–Crippen MR) is 348 cm³/mol. The number of carbonyl (C=O) groups excluding carboxylic acids is 4. The first-order valence-electron chi connectivity index (χ1n) is 30.1. The van der Waals surface area contributed by atoms with Gasteiger partial charge in [-0.15, -0.1) is 0 Å². The smallest absolute Gasteiger partial charge is 0.323 e. The van der Waals surface area contributed by atoms with Gasteiger partial charge < -0.3 is 50.8 Å². The number of benzene rings is 6. The average Bonchev–Trinajstić information content (AvgIpc) is 1.92. The van der Waals surface area contributed by atoms with Crippen molar-refractivity contribution in [3.8, 4) is 28.0 Å². The van der Waals surface area contributed by atoms with Crippen LogP contribution in [0.1, 0.15) is 80.0 Å². The Labute approximate surface area is 515 Å². The van der Waals surface area contributed by atoms with Crippen molar-refractivity contribution in [2.75, 3.05) is 107 Å². The summed E-state index contributed by atoms with van der Waals surface area (Å²) < 4.78 is 22.0. The Kier molecular flexibility index (Phi) is 19.8. The number of nitrogens with zero attached hydrogens (tertiary/aromatic N) is 5. The first-order chi connectivity index (χ1) is 42.4. The molecule has 3 saturated heterocycles. The maximum absolute atomic E-state index is 13.5. The highest BCUT2D eigenvalue weighted by molar-refractivity contribution is 6.12. The van der Waals surface area contributed by atoms with E-state index in [1.807, 2.05) is 109 Å². The molecule has 0 aliphatic carbocycles. The topological polar surface area (TPSA) is 215 Å². The number of urea groups is 2. The lowest BCUT2D eigenvalue weighted by molar-refractivity contribution is -0.117. The van der Waals surface area contributed by atoms with E-state index in [-0.39, 0.29) is 23.2 Å². The highest BCUT2D eigenvalue weighted by atomic mass is 16.5. The molecule has 458 valence electrons. The van der Waals surface area contributed by atoms with Crippen LogP contribution in [0.25, 0.3) is 43.8 Å². The van der Waals surface area contributed by atoms with E-state index < -0.39 is 18.0 Å². The first kappa shape index (κ1) is 62.3. The minimum atomic E-state index is -0.478. The van der Waals surface area contributed by atoms with Crippen LogP contribution in [0, 0.1) is 0 Å². The van der Waals surface area contributed by atoms with Gasteiger partial charge in [0, 0.05) is 92.2 Å². The molecule has 88 heavy (non-hydrogen) atoms. The van der Waals surface area contributed by atoms with Crippen molar-refractivity contribution in [1.82, 2.24) is 24.7 Å². The zero-order valence-electron chi connectivity index (χ0n) is 51.5. The molecule has 3 aliphatic rings. The molecule has 6 N–H and O–H groups in total. The fourth-order valence-electron chi connectivity index (χ4n) is 11.2. The van der Waals surface area contributed by atoms with E-state index in [1.165, 1.54) is 7.11 Å². The summed E-state index contributed by atoms with van der Waals surface area (Å²) in [6, 6.07) is 40.8. The number of fused-ring (bicyclic) bond motifs is 2. The number of morpholine rings is 3. The first-order valence-corrected chi connectivity index (χ1v) is 30.1. The number of nitrogens with two attached hydrogens (primary N) is 1. The van der Waals surface area contributed by atoms with Crippen molar-refractivity contribution in [3.05, 3.63) is 173 Å². The van der Waals surface area contributed by atoms with Crippen LogP contribution < -0.4 is 31.7 Å². The summed E-state index contributed by atoms with van der Waals surface area (Å²) in [6.45, 7) is 22.9. The van der Waals surface area contributed by atoms with Crippen molar-refractivity contribution in [2.45, 2.75) is 71.9 Å². The van der Waals surface area contributed by atoms with Crippen molar-refractivity contribution >= 4 is 68.2 Å². The summed E-state index contributed by atoms with van der Waals surface area (Å²) in [6.07, 6.45) is 3.83. The van der Waals surface area contributed by atoms with Gasteiger partial charge in [0.05, 0.1) is 92.9 Å². The molecular weight excluding hydrogens is 1110 g/mol. The number of nitrogens with one attached hydrogen (secondary N) is 4. The summed E-state index contributed by atoms with van der Waals surface area (Å²) >= 11 is 0. The van der Waals surface area contributed by atoms with Gasteiger partial charge in [-0.3, -0.25) is 29.4 Å². The SMILES string of the molecule is CC(C)(C)c1ccc(C(=O)N2CCOCC2)c(NC(=O)Nc2ccc(-c3ccc(CN4CCOCC4)nc3)c3ccccc23)c1.COc1c(CC(N)=O)cc(C(C)(C)C)cc1NC(=O)Nc1ccc(-c2ccc(CN3CCOCC3)nc2)c2ccccc12. The summed E-state index contributed by atoms with van der Waals surface area (Å²) in [5.41, 5.74) is 16.6. The Morgan fingerprint density at radius 1 is 0.511 bits per heavy atom. The molecule has 11 rings (SSSR count). The van der Waals surface area contributed by atoms with Gasteiger partial charge in [0.2, 0.25) is 5.91 Å². The quantitative estimate of drug-likeness (QED) is 0.0688. The van der Waals surface area contributed by atoms with Crippen molar-refractivity contribution < 1.29 is 38.1 Å². The normalized spacial score (nSPS) is 15.0. The molecule has 5 heterocycles. The molecule has 3 fully saturated rings. The van der Waals surface area contributed by atoms with Gasteiger partial charge in [0.25, 0.3) is 5.91 Å². The van der Waals surface area contributed by atoms with E-state index in [1.54, 1.807) is 4.90 Å². The number of anilines is 4. The van der Waals surface area contributed by atoms with E-state index in [0.29, 0.717) is 65.9 Å². The molecule has 18 nitrogen and oxygen atoms in total. The Balaban J connectivity index is 0.000000195. The summed E-state index contributed by atoms with van der Waals surface area (Å²) in [4.78, 5) is 68.1. The second kappa shape index (κ2) is 27.9. The number of hydrogen-bond donors (Lipinski definition) is 5. The molecule has 0 unspecified atom stereocenters. The van der Waals surface area contributed by atoms with Gasteiger partial charge in [-0.1, -0.05) is 126 Å². The molecule has 6 amide bonds. The summed E-state index contributed by atoms with van der Waals surface area (Å²) in [5, 5.41) is 15.8. The molecule has 0 radical (unpaired) electrons. The van der Waals surface area contributed by atoms with Crippen molar-refractivity contribution in [3.63, 3.8) is 0 Å². The van der Waals surface area contributed by atoms with Crippen LogP contribution in [0.3, 0.4) is 0 Å². The third-order valence-electron chi connectivity index (χ3n) is 16.1. The molecule has 0 saturated carbocycles. The number of ether oxygens (including phenoxy) is 4. The van der Waals surface area contributed by atoms with Crippen LogP contribution in [0.2, 0.25) is 0 Å². The lowest BCUT2D eigenvalue weighted by Gasteiger charge is -2.28. The Hall–Kier alpha value is -8.78. The van der Waals surface area contributed by atoms with Crippen LogP contribution in [-0.4, -0.2) is 135 Å². The summed E-state index contributed by atoms with van der Waals surface area (Å²) in [7, 11) is 1.51. The minimum absolute atomic E-state index is 0.00144. The predicted octanol–water partition coefficient (Wildman–Crippen LogP) is 11.9. The van der Waals surface area contributed by atoms with Crippen LogP contribution >= 0.6 is 0 Å². The second-order valence-corrected chi connectivity index (χ2v) is 24.4. The lowest BCUT2D eigenvalue weighted by Crippen LogP contribution is -2.41. The Morgan fingerprint density at radius 2 is 0.955 bits per heavy atom. The number of aromatic nitrogens is 2. The fourth-order valence-corrected chi connectivity index (χ4v) is 11.2. The Bertz CT molecular complexity index is 3790. The number of amides is 6. The fraction of sp³-hybridized carbons (Fsp3) is 0.343. The number of pyridine rings is 2. The summed E-state index contributed by atoms with van der Waals surface area (Å²) in [5.74, 6) is -0.187. The zero-order chi connectivity index (χ0) is 62.0. The van der Waals surface area contributed by atoms with Crippen molar-refractivity contribution in [2.24, 2.45) is 5.73 Å². The van der Waals surface area contributed by atoms with Gasteiger partial charge in [0.1, 0.15) is 5.75 Å². The second-order valence-electron chi connectivity index (χ2n) is 24.4. The highest BCUT2D eigenvalue weighted by Gasteiger charge is 2.26. The maximum Gasteiger partial charge on any atom is 0.323 e. The Morgan fingerprint density at radius 3 is 1.40 bits per heavy atom. The van der Waals surface area contributed by atoms with Gasteiger partial charge >= 0.3 is 12.1 Å². The lowest BCUT2D eigenvalue weighted by atomic mass is 9.85. The monoisotopic (exact) mass is 1190 g/mol. The van der Waals surface area contributed by atoms with Gasteiger partial charge in [-0.25, -0.2) is 9.59 Å². The molecule has 0 spiro atoms. The number of primary amides is 1. The maximum atomic E-state index is 13.5. The molecule has 6 aromatic carbocycles. The van der Waals surface area contributed by atoms with Crippen molar-refractivity contribution in [1.29, 1.82) is 0 Å². The third kappa shape index (κ3) is 15.5. The van der Waals surface area contributed by atoms with Crippen LogP contribution in [-0.2, 0) is 49.3 Å². The minimum Gasteiger partial charge on any atom is -0.494 e. The van der Waals surface area contributed by atoms with Gasteiger partial charge in [0.15, 0.2) is 0 Å².